The smallest absolute Gasteiger partial charge is 0.229 e. The summed E-state index contributed by atoms with van der Waals surface area (Å²) in [5, 5.41) is 2.91. The lowest BCUT2D eigenvalue weighted by Crippen LogP contribution is -2.28. The minimum atomic E-state index is -0.377. The Balaban J connectivity index is 1.75. The van der Waals surface area contributed by atoms with Gasteiger partial charge in [0, 0.05) is 18.7 Å². The number of nitrogens with one attached hydrogen (secondary N) is 1. The van der Waals surface area contributed by atoms with Gasteiger partial charge in [0.25, 0.3) is 0 Å². The number of amides is 2. The Kier molecular flexibility index (Phi) is 4.74. The van der Waals surface area contributed by atoms with Gasteiger partial charge in [0.1, 0.15) is 5.75 Å². The van der Waals surface area contributed by atoms with Gasteiger partial charge in [-0.1, -0.05) is 24.3 Å². The van der Waals surface area contributed by atoms with Gasteiger partial charge >= 0.3 is 0 Å². The fourth-order valence-corrected chi connectivity index (χ4v) is 3.14. The normalized spacial score (nSPS) is 16.8. The molecular formula is C20H22N2O3. The molecule has 25 heavy (non-hydrogen) atoms. The molecule has 5 heteroatoms. The van der Waals surface area contributed by atoms with Gasteiger partial charge < -0.3 is 15.0 Å². The van der Waals surface area contributed by atoms with E-state index in [-0.39, 0.29) is 24.2 Å². The third kappa shape index (κ3) is 3.50. The highest BCUT2D eigenvalue weighted by Gasteiger charge is 2.35. The van der Waals surface area contributed by atoms with E-state index in [1.54, 1.807) is 12.0 Å². The molecule has 2 aromatic carbocycles. The lowest BCUT2D eigenvalue weighted by molar-refractivity contribution is -0.122. The molecule has 0 unspecified atom stereocenters. The van der Waals surface area contributed by atoms with Crippen molar-refractivity contribution in [2.45, 2.75) is 20.3 Å². The largest absolute Gasteiger partial charge is 0.495 e. The predicted octanol–water partition coefficient (Wildman–Crippen LogP) is 3.30. The van der Waals surface area contributed by atoms with E-state index in [4.69, 9.17) is 4.74 Å². The van der Waals surface area contributed by atoms with Crippen LogP contribution in [-0.2, 0) is 9.59 Å². The van der Waals surface area contributed by atoms with E-state index < -0.39 is 0 Å². The molecule has 0 bridgehead atoms. The summed E-state index contributed by atoms with van der Waals surface area (Å²) in [6.45, 7) is 4.31. The average molecular weight is 338 g/mol. The van der Waals surface area contributed by atoms with Crippen LogP contribution in [0.2, 0.25) is 0 Å². The topological polar surface area (TPSA) is 58.6 Å². The van der Waals surface area contributed by atoms with Crippen LogP contribution in [0.4, 0.5) is 11.4 Å². The standard InChI is InChI=1S/C20H22N2O3/c1-13-8-9-18(25-3)16(10-13)21-20(24)15-11-19(23)22(12-15)17-7-5-4-6-14(17)2/h4-10,15H,11-12H2,1-3H3,(H,21,24)/t15-/m0/s1. The first-order valence-corrected chi connectivity index (χ1v) is 8.31. The maximum Gasteiger partial charge on any atom is 0.229 e. The summed E-state index contributed by atoms with van der Waals surface area (Å²) in [6, 6.07) is 13.3. The molecule has 1 fully saturated rings. The minimum absolute atomic E-state index is 0.0225. The molecule has 0 aliphatic carbocycles. The highest BCUT2D eigenvalue weighted by Crippen LogP contribution is 2.30. The molecule has 2 aromatic rings. The van der Waals surface area contributed by atoms with Crippen molar-refractivity contribution >= 4 is 23.2 Å². The Morgan fingerprint density at radius 3 is 2.68 bits per heavy atom. The summed E-state index contributed by atoms with van der Waals surface area (Å²) in [4.78, 5) is 26.8. The minimum Gasteiger partial charge on any atom is -0.495 e. The Hall–Kier alpha value is -2.82. The number of para-hydroxylation sites is 1. The fourth-order valence-electron chi connectivity index (χ4n) is 3.14. The third-order valence-electron chi connectivity index (χ3n) is 4.51. The summed E-state index contributed by atoms with van der Waals surface area (Å²) < 4.78 is 5.30. The monoisotopic (exact) mass is 338 g/mol. The first-order valence-electron chi connectivity index (χ1n) is 8.31. The van der Waals surface area contributed by atoms with Gasteiger partial charge in [-0.25, -0.2) is 0 Å². The van der Waals surface area contributed by atoms with Gasteiger partial charge in [-0.15, -0.1) is 0 Å². The third-order valence-corrected chi connectivity index (χ3v) is 4.51. The van der Waals surface area contributed by atoms with Crippen LogP contribution in [0.3, 0.4) is 0 Å². The SMILES string of the molecule is COc1ccc(C)cc1NC(=O)[C@H]1CC(=O)N(c2ccccc2C)C1. The van der Waals surface area contributed by atoms with Crippen molar-refractivity contribution in [3.8, 4) is 5.75 Å². The van der Waals surface area contributed by atoms with Crippen LogP contribution in [0.15, 0.2) is 42.5 Å². The molecule has 130 valence electrons. The number of benzene rings is 2. The number of methoxy groups -OCH3 is 1. The van der Waals surface area contributed by atoms with E-state index in [1.807, 2.05) is 56.3 Å². The molecule has 0 saturated carbocycles. The van der Waals surface area contributed by atoms with Crippen molar-refractivity contribution < 1.29 is 14.3 Å². The molecule has 3 rings (SSSR count). The van der Waals surface area contributed by atoms with Crippen molar-refractivity contribution in [3.63, 3.8) is 0 Å². The van der Waals surface area contributed by atoms with Crippen LogP contribution in [0.1, 0.15) is 17.5 Å². The number of aryl methyl sites for hydroxylation is 2. The quantitative estimate of drug-likeness (QED) is 0.930. The maximum absolute atomic E-state index is 12.7. The second-order valence-corrected chi connectivity index (χ2v) is 6.38. The Morgan fingerprint density at radius 1 is 1.20 bits per heavy atom. The average Bonchev–Trinajstić information content (AvgIpc) is 2.97. The van der Waals surface area contributed by atoms with Crippen LogP contribution >= 0.6 is 0 Å². The van der Waals surface area contributed by atoms with Gasteiger partial charge in [-0.3, -0.25) is 9.59 Å². The zero-order valence-electron chi connectivity index (χ0n) is 14.7. The summed E-state index contributed by atoms with van der Waals surface area (Å²) in [6.07, 6.45) is 0.217. The van der Waals surface area contributed by atoms with Crippen molar-refractivity contribution in [1.82, 2.24) is 0 Å². The zero-order chi connectivity index (χ0) is 18.0. The maximum atomic E-state index is 12.7. The number of carbonyl (C=O) groups excluding carboxylic acids is 2. The number of nitrogens with zero attached hydrogens (tertiary/aromatic N) is 1. The molecule has 1 N–H and O–H groups in total. The molecule has 5 nitrogen and oxygen atoms in total. The zero-order valence-corrected chi connectivity index (χ0v) is 14.7. The van der Waals surface area contributed by atoms with E-state index in [2.05, 4.69) is 5.32 Å². The molecule has 1 atom stereocenters. The number of hydrogen-bond acceptors (Lipinski definition) is 3. The van der Waals surface area contributed by atoms with Crippen molar-refractivity contribution in [3.05, 3.63) is 53.6 Å². The molecule has 1 heterocycles. The van der Waals surface area contributed by atoms with Crippen molar-refractivity contribution in [1.29, 1.82) is 0 Å². The Morgan fingerprint density at radius 2 is 1.96 bits per heavy atom. The van der Waals surface area contributed by atoms with Gasteiger partial charge in [-0.05, 0) is 43.2 Å². The van der Waals surface area contributed by atoms with Gasteiger partial charge in [-0.2, -0.15) is 0 Å². The number of anilines is 2. The molecule has 0 aromatic heterocycles. The molecule has 1 saturated heterocycles. The molecule has 0 radical (unpaired) electrons. The van der Waals surface area contributed by atoms with E-state index in [0.717, 1.165) is 16.8 Å². The Bertz CT molecular complexity index is 816. The first kappa shape index (κ1) is 17.0. The van der Waals surface area contributed by atoms with Gasteiger partial charge in [0.2, 0.25) is 11.8 Å². The molecule has 1 aliphatic rings. The van der Waals surface area contributed by atoms with Gasteiger partial charge in [0.15, 0.2) is 0 Å². The van der Waals surface area contributed by atoms with E-state index in [1.165, 1.54) is 0 Å². The van der Waals surface area contributed by atoms with Crippen LogP contribution in [0, 0.1) is 19.8 Å². The van der Waals surface area contributed by atoms with Crippen molar-refractivity contribution in [2.75, 3.05) is 23.9 Å². The second kappa shape index (κ2) is 6.97. The highest BCUT2D eigenvalue weighted by atomic mass is 16.5. The number of hydrogen-bond donors (Lipinski definition) is 1. The number of rotatable bonds is 4. The summed E-state index contributed by atoms with van der Waals surface area (Å²) in [5.41, 5.74) is 3.56. The van der Waals surface area contributed by atoms with Crippen LogP contribution in [-0.4, -0.2) is 25.5 Å². The fraction of sp³-hybridized carbons (Fsp3) is 0.300. The van der Waals surface area contributed by atoms with Crippen LogP contribution in [0.25, 0.3) is 0 Å². The van der Waals surface area contributed by atoms with Crippen LogP contribution < -0.4 is 15.0 Å². The van der Waals surface area contributed by atoms with Crippen LogP contribution in [0.5, 0.6) is 5.75 Å². The van der Waals surface area contributed by atoms with E-state index in [0.29, 0.717) is 18.0 Å². The van der Waals surface area contributed by atoms with Gasteiger partial charge in [0.05, 0.1) is 18.7 Å². The molecule has 1 aliphatic heterocycles. The number of ether oxygens (including phenoxy) is 1. The summed E-state index contributed by atoms with van der Waals surface area (Å²) >= 11 is 0. The second-order valence-electron chi connectivity index (χ2n) is 6.38. The summed E-state index contributed by atoms with van der Waals surface area (Å²) in [5.74, 6) is 0.0512. The summed E-state index contributed by atoms with van der Waals surface area (Å²) in [7, 11) is 1.57. The molecular weight excluding hydrogens is 316 g/mol. The van der Waals surface area contributed by atoms with E-state index in [9.17, 15) is 9.59 Å². The molecule has 2 amide bonds. The Labute approximate surface area is 147 Å². The number of carbonyl (C=O) groups is 2. The lowest BCUT2D eigenvalue weighted by atomic mass is 10.1. The molecule has 0 spiro atoms. The lowest BCUT2D eigenvalue weighted by Gasteiger charge is -2.19. The van der Waals surface area contributed by atoms with E-state index >= 15 is 0 Å². The van der Waals surface area contributed by atoms with Crippen molar-refractivity contribution in [2.24, 2.45) is 5.92 Å². The first-order chi connectivity index (χ1) is 12.0. The highest BCUT2D eigenvalue weighted by molar-refractivity contribution is 6.04. The predicted molar refractivity (Wildman–Crippen MR) is 98.0 cm³/mol.